The van der Waals surface area contributed by atoms with Crippen LogP contribution in [0.4, 0.5) is 0 Å². The van der Waals surface area contributed by atoms with Gasteiger partial charge in [-0.05, 0) is 0 Å². The molecular weight excluding hydrogens is 199 g/mol. The van der Waals surface area contributed by atoms with Crippen LogP contribution in [0.15, 0.2) is 17.5 Å². The molecule has 1 aromatic rings. The zero-order valence-electron chi connectivity index (χ0n) is 7.23. The summed E-state index contributed by atoms with van der Waals surface area (Å²) in [5, 5.41) is 4.89. The van der Waals surface area contributed by atoms with Gasteiger partial charge in [-0.15, -0.1) is 5.38 Å². The summed E-state index contributed by atoms with van der Waals surface area (Å²) < 4.78 is 0. The van der Waals surface area contributed by atoms with E-state index in [1.54, 1.807) is 11.3 Å². The van der Waals surface area contributed by atoms with Crippen molar-refractivity contribution in [2.24, 2.45) is 5.92 Å². The van der Waals surface area contributed by atoms with Gasteiger partial charge in [0.15, 0.2) is 0 Å². The van der Waals surface area contributed by atoms with Gasteiger partial charge in [0.05, 0.1) is 0 Å². The smallest absolute Gasteiger partial charge is 0.341 e. The Labute approximate surface area is 96.4 Å². The molecule has 0 radical (unpaired) electrons. The van der Waals surface area contributed by atoms with Gasteiger partial charge in [0, 0.05) is 0 Å². The summed E-state index contributed by atoms with van der Waals surface area (Å²) >= 11 is 1.59. The molecule has 0 atom stereocenters. The van der Waals surface area contributed by atoms with Gasteiger partial charge in [-0.1, -0.05) is 13.8 Å². The maximum Gasteiger partial charge on any atom is 1.00 e. The molecule has 1 rings (SSSR count). The van der Waals surface area contributed by atoms with Crippen LogP contribution < -0.4 is 18.9 Å². The van der Waals surface area contributed by atoms with Gasteiger partial charge in [0.25, 0.3) is 0 Å². The van der Waals surface area contributed by atoms with Crippen LogP contribution in [0.3, 0.4) is 0 Å². The molecule has 0 aliphatic carbocycles. The molecule has 0 bridgehead atoms. The average Bonchev–Trinajstić information content (AvgIpc) is 2.11. The summed E-state index contributed by atoms with van der Waals surface area (Å²) in [5.41, 5.74) is 0. The van der Waals surface area contributed by atoms with Crippen LogP contribution in [0.1, 0.15) is 13.8 Å². The first-order valence-corrected chi connectivity index (χ1v) is 3.84. The molecule has 0 aliphatic heterocycles. The Hall–Kier alpha value is 0.817. The van der Waals surface area contributed by atoms with Crippen molar-refractivity contribution in [2.75, 3.05) is 0 Å². The molecule has 62 valence electrons. The summed E-state index contributed by atoms with van der Waals surface area (Å²) in [6.07, 6.45) is 0. The van der Waals surface area contributed by atoms with Crippen LogP contribution in [0.5, 0.6) is 0 Å². The van der Waals surface area contributed by atoms with Crippen molar-refractivity contribution in [2.45, 2.75) is 13.8 Å². The molecule has 0 unspecified atom stereocenters. The zero-order chi connectivity index (χ0) is 7.11. The van der Waals surface area contributed by atoms with Crippen molar-refractivity contribution < 1.29 is 35.9 Å². The largest absolute Gasteiger partial charge is 1.00 e. The van der Waals surface area contributed by atoms with Crippen molar-refractivity contribution in [3.05, 3.63) is 29.8 Å². The minimum atomic E-state index is 0. The van der Waals surface area contributed by atoms with E-state index in [4.69, 9.17) is 0 Å². The fourth-order valence-electron chi connectivity index (χ4n) is 0.196. The third-order valence-corrected chi connectivity index (χ3v) is 0.944. The normalized spacial score (nSPS) is 6.91. The van der Waals surface area contributed by atoms with E-state index in [-0.39, 0.29) is 35.9 Å². The summed E-state index contributed by atoms with van der Waals surface area (Å²) in [5.74, 6) is 0.583. The maximum atomic E-state index is 3.64. The molecule has 0 nitrogen and oxygen atoms in total. The molecule has 0 aromatic carbocycles. The molecule has 0 N–H and O–H groups in total. The fraction of sp³-hybridized carbons (Fsp3) is 0.375. The Kier molecular flexibility index (Phi) is 21.7. The monoisotopic (exact) mass is 210 g/mol. The summed E-state index contributed by atoms with van der Waals surface area (Å²) in [6.45, 7) is 7.75. The molecule has 0 aliphatic rings. The Bertz CT molecular complexity index is 97.7. The third kappa shape index (κ3) is 24.9. The van der Waals surface area contributed by atoms with Gasteiger partial charge in [0.1, 0.15) is 0 Å². The zero-order valence-corrected chi connectivity index (χ0v) is 8.98. The second-order valence-electron chi connectivity index (χ2n) is 2.12. The standard InChI is InChI=1S/C4H3S.C4H9.Cu.Li/c1-2-4-5-3-1;1-4(2)3;;/h1-3H;4H,1H2,2-3H3;;/q2*-1;2*+1. The number of thiophene rings is 1. The van der Waals surface area contributed by atoms with E-state index in [0.29, 0.717) is 5.92 Å². The molecule has 0 saturated heterocycles. The molecule has 1 heterocycles. The maximum absolute atomic E-state index is 3.64. The van der Waals surface area contributed by atoms with Gasteiger partial charge < -0.3 is 18.3 Å². The van der Waals surface area contributed by atoms with Crippen LogP contribution in [-0.2, 0) is 17.1 Å². The van der Waals surface area contributed by atoms with Gasteiger partial charge in [-0.2, -0.15) is 17.4 Å². The SMILES string of the molecule is [CH2-]C(C)C.[Cu+].[Li+].[c-]1cccs1. The molecule has 11 heavy (non-hydrogen) atoms. The summed E-state index contributed by atoms with van der Waals surface area (Å²) in [7, 11) is 0. The predicted molar refractivity (Wildman–Crippen MR) is 43.4 cm³/mol. The fourth-order valence-corrected chi connectivity index (χ4v) is 0.589. The molecule has 0 amide bonds. The topological polar surface area (TPSA) is 0 Å². The van der Waals surface area contributed by atoms with E-state index in [9.17, 15) is 0 Å². The Balaban J connectivity index is -0.000000101. The first-order valence-electron chi connectivity index (χ1n) is 2.96. The summed E-state index contributed by atoms with van der Waals surface area (Å²) in [6, 6.07) is 3.86. The van der Waals surface area contributed by atoms with Crippen molar-refractivity contribution in [1.82, 2.24) is 0 Å². The van der Waals surface area contributed by atoms with Crippen LogP contribution in [0.25, 0.3) is 0 Å². The van der Waals surface area contributed by atoms with Crippen molar-refractivity contribution >= 4 is 11.3 Å². The molecule has 1 aromatic heterocycles. The number of hydrogen-bond acceptors (Lipinski definition) is 1. The van der Waals surface area contributed by atoms with E-state index in [1.165, 1.54) is 0 Å². The summed E-state index contributed by atoms with van der Waals surface area (Å²) in [4.78, 5) is 0. The Morgan fingerprint density at radius 1 is 1.45 bits per heavy atom. The van der Waals surface area contributed by atoms with Gasteiger partial charge in [0.2, 0.25) is 0 Å². The van der Waals surface area contributed by atoms with Crippen molar-refractivity contribution in [3.8, 4) is 0 Å². The Morgan fingerprint density at radius 2 is 1.91 bits per heavy atom. The second kappa shape index (κ2) is 13.4. The van der Waals surface area contributed by atoms with E-state index in [2.05, 4.69) is 26.2 Å². The van der Waals surface area contributed by atoms with Crippen molar-refractivity contribution in [1.29, 1.82) is 0 Å². The van der Waals surface area contributed by atoms with Gasteiger partial charge in [-0.25, -0.2) is 6.07 Å². The molecule has 0 fully saturated rings. The number of hydrogen-bond donors (Lipinski definition) is 0. The Morgan fingerprint density at radius 3 is 2.00 bits per heavy atom. The van der Waals surface area contributed by atoms with Crippen LogP contribution in [0.2, 0.25) is 0 Å². The average molecular weight is 211 g/mol. The molecule has 3 heteroatoms. The van der Waals surface area contributed by atoms with Crippen LogP contribution in [-0.4, -0.2) is 0 Å². The van der Waals surface area contributed by atoms with Gasteiger partial charge >= 0.3 is 35.9 Å². The number of rotatable bonds is 0. The minimum Gasteiger partial charge on any atom is -0.341 e. The van der Waals surface area contributed by atoms with E-state index in [0.717, 1.165) is 0 Å². The first kappa shape index (κ1) is 17.8. The quantitative estimate of drug-likeness (QED) is 0.419. The second-order valence-corrected chi connectivity index (χ2v) is 2.87. The first-order chi connectivity index (χ1) is 4.23. The van der Waals surface area contributed by atoms with Crippen LogP contribution >= 0.6 is 11.3 Å². The van der Waals surface area contributed by atoms with Crippen LogP contribution in [0, 0.1) is 18.2 Å². The molecule has 0 saturated carbocycles. The molecule has 0 spiro atoms. The van der Waals surface area contributed by atoms with E-state index in [1.807, 2.05) is 17.5 Å². The van der Waals surface area contributed by atoms with E-state index >= 15 is 0 Å². The predicted octanol–water partition coefficient (Wildman–Crippen LogP) is 0.0263. The van der Waals surface area contributed by atoms with E-state index < -0.39 is 0 Å². The third-order valence-electron chi connectivity index (χ3n) is 0.379. The van der Waals surface area contributed by atoms with Gasteiger partial charge in [-0.3, -0.25) is 0 Å². The van der Waals surface area contributed by atoms with Crippen molar-refractivity contribution in [3.63, 3.8) is 0 Å². The molecular formula is C8H12CuLiS. The minimum absolute atomic E-state index is 0.